The summed E-state index contributed by atoms with van der Waals surface area (Å²) in [5.41, 5.74) is 1.43. The number of rotatable bonds is 9. The molecule has 0 aliphatic rings. The lowest BCUT2D eigenvalue weighted by molar-refractivity contribution is 0.0314. The van der Waals surface area contributed by atoms with Crippen LogP contribution in [0.25, 0.3) is 0 Å². The van der Waals surface area contributed by atoms with E-state index >= 15 is 0 Å². The molecule has 0 aromatic heterocycles. The molecule has 108 valence electrons. The third kappa shape index (κ3) is 4.68. The molecule has 1 aromatic carbocycles. The van der Waals surface area contributed by atoms with Crippen LogP contribution in [0, 0.1) is 0 Å². The highest BCUT2D eigenvalue weighted by Crippen LogP contribution is 2.33. The molecule has 1 rings (SSSR count). The Hall–Kier alpha value is -1.34. The lowest BCUT2D eigenvalue weighted by atomic mass is 10.1. The third-order valence-corrected chi connectivity index (χ3v) is 2.41. The van der Waals surface area contributed by atoms with Crippen LogP contribution in [0.1, 0.15) is 11.1 Å². The van der Waals surface area contributed by atoms with Gasteiger partial charge < -0.3 is 29.2 Å². The monoisotopic (exact) mass is 272 g/mol. The first-order chi connectivity index (χ1) is 9.26. The average Bonchev–Trinajstić information content (AvgIpc) is 2.43. The van der Waals surface area contributed by atoms with Crippen LogP contribution in [0.2, 0.25) is 0 Å². The van der Waals surface area contributed by atoms with Crippen molar-refractivity contribution in [1.29, 1.82) is 0 Å². The normalized spacial score (nSPS) is 10.5. The van der Waals surface area contributed by atoms with E-state index in [0.29, 0.717) is 23.5 Å². The Kier molecular flexibility index (Phi) is 7.20. The maximum atomic E-state index is 9.23. The van der Waals surface area contributed by atoms with E-state index in [1.165, 1.54) is 14.2 Å². The second kappa shape index (κ2) is 8.71. The summed E-state index contributed by atoms with van der Waals surface area (Å²) in [6.07, 6.45) is 0.399. The average molecular weight is 272 g/mol. The van der Waals surface area contributed by atoms with Gasteiger partial charge in [0.2, 0.25) is 0 Å². The van der Waals surface area contributed by atoms with Crippen molar-refractivity contribution in [2.75, 3.05) is 34.4 Å². The van der Waals surface area contributed by atoms with Crippen molar-refractivity contribution in [3.05, 3.63) is 23.3 Å². The fourth-order valence-electron chi connectivity index (χ4n) is 1.63. The van der Waals surface area contributed by atoms with Crippen LogP contribution < -0.4 is 9.47 Å². The maximum absolute atomic E-state index is 9.23. The zero-order valence-corrected chi connectivity index (χ0v) is 11.2. The van der Waals surface area contributed by atoms with Crippen molar-refractivity contribution < 1.29 is 29.2 Å². The van der Waals surface area contributed by atoms with Crippen LogP contribution in [-0.2, 0) is 22.5 Å². The van der Waals surface area contributed by atoms with E-state index in [1.54, 1.807) is 12.1 Å². The Morgan fingerprint density at radius 2 is 1.68 bits per heavy atom. The minimum Gasteiger partial charge on any atom is -0.464 e. The van der Waals surface area contributed by atoms with E-state index in [4.69, 9.17) is 24.1 Å². The second-order valence-electron chi connectivity index (χ2n) is 3.82. The Morgan fingerprint density at radius 1 is 1.00 bits per heavy atom. The van der Waals surface area contributed by atoms with Crippen molar-refractivity contribution in [2.24, 2.45) is 0 Å². The van der Waals surface area contributed by atoms with Crippen molar-refractivity contribution in [3.63, 3.8) is 0 Å². The summed E-state index contributed by atoms with van der Waals surface area (Å²) in [5.74, 6) is 0.944. The van der Waals surface area contributed by atoms with Gasteiger partial charge in [0.25, 0.3) is 0 Å². The molecule has 6 nitrogen and oxygen atoms in total. The summed E-state index contributed by atoms with van der Waals surface area (Å²) in [4.78, 5) is 0. The lowest BCUT2D eigenvalue weighted by Crippen LogP contribution is -2.08. The Labute approximate surface area is 112 Å². The summed E-state index contributed by atoms with van der Waals surface area (Å²) >= 11 is 0. The standard InChI is InChI=1S/C13H20O6/c1-16-8-18-12-6-10(7-15)5-11(3-4-14)13(12)19-9-17-2/h5-6,14-15H,3-4,7-9H2,1-2H3. The molecule has 0 aliphatic carbocycles. The van der Waals surface area contributed by atoms with Crippen molar-refractivity contribution >= 4 is 0 Å². The minimum atomic E-state index is -0.119. The molecule has 19 heavy (non-hydrogen) atoms. The first-order valence-electron chi connectivity index (χ1n) is 5.87. The molecule has 0 radical (unpaired) electrons. The molecule has 0 fully saturated rings. The third-order valence-electron chi connectivity index (χ3n) is 2.41. The summed E-state index contributed by atoms with van der Waals surface area (Å²) in [6, 6.07) is 3.44. The number of hydrogen-bond donors (Lipinski definition) is 2. The largest absolute Gasteiger partial charge is 0.464 e. The molecule has 1 aromatic rings. The van der Waals surface area contributed by atoms with Gasteiger partial charge in [0.15, 0.2) is 25.1 Å². The van der Waals surface area contributed by atoms with Gasteiger partial charge in [0.05, 0.1) is 6.61 Å². The smallest absolute Gasteiger partial charge is 0.188 e. The predicted octanol–water partition coefficient (Wildman–Crippen LogP) is 0.679. The lowest BCUT2D eigenvalue weighted by Gasteiger charge is -2.17. The zero-order chi connectivity index (χ0) is 14.1. The molecular formula is C13H20O6. The van der Waals surface area contributed by atoms with E-state index in [2.05, 4.69) is 0 Å². The summed E-state index contributed by atoms with van der Waals surface area (Å²) in [5, 5.41) is 18.3. The number of benzene rings is 1. The van der Waals surface area contributed by atoms with Crippen LogP contribution in [0.4, 0.5) is 0 Å². The molecular weight excluding hydrogens is 252 g/mol. The maximum Gasteiger partial charge on any atom is 0.188 e. The topological polar surface area (TPSA) is 77.4 Å². The molecule has 2 N–H and O–H groups in total. The molecule has 0 heterocycles. The highest BCUT2D eigenvalue weighted by molar-refractivity contribution is 5.49. The number of hydrogen-bond acceptors (Lipinski definition) is 6. The number of ether oxygens (including phenoxy) is 4. The molecule has 0 aliphatic heterocycles. The van der Waals surface area contributed by atoms with Crippen LogP contribution >= 0.6 is 0 Å². The van der Waals surface area contributed by atoms with E-state index in [1.807, 2.05) is 0 Å². The minimum absolute atomic E-state index is 0.0259. The van der Waals surface area contributed by atoms with Gasteiger partial charge in [-0.15, -0.1) is 0 Å². The second-order valence-corrected chi connectivity index (χ2v) is 3.82. The first-order valence-corrected chi connectivity index (χ1v) is 5.87. The Bertz CT molecular complexity index is 380. The summed E-state index contributed by atoms with van der Waals surface area (Å²) < 4.78 is 20.6. The van der Waals surface area contributed by atoms with Crippen LogP contribution in [-0.4, -0.2) is 44.6 Å². The van der Waals surface area contributed by atoms with Gasteiger partial charge in [-0.2, -0.15) is 0 Å². The SMILES string of the molecule is COCOc1cc(CO)cc(CCO)c1OCOC. The molecule has 0 amide bonds. The Morgan fingerprint density at radius 3 is 2.26 bits per heavy atom. The number of aliphatic hydroxyl groups is 2. The summed E-state index contributed by atoms with van der Waals surface area (Å²) in [7, 11) is 3.03. The highest BCUT2D eigenvalue weighted by atomic mass is 16.7. The molecule has 6 heteroatoms. The van der Waals surface area contributed by atoms with Gasteiger partial charge >= 0.3 is 0 Å². The van der Waals surface area contributed by atoms with Crippen LogP contribution in [0.5, 0.6) is 11.5 Å². The molecule has 0 unspecified atom stereocenters. The summed E-state index contributed by atoms with van der Waals surface area (Å²) in [6.45, 7) is -0.00863. The molecule has 0 saturated carbocycles. The van der Waals surface area contributed by atoms with Crippen molar-refractivity contribution in [2.45, 2.75) is 13.0 Å². The number of aliphatic hydroxyl groups excluding tert-OH is 2. The van der Waals surface area contributed by atoms with E-state index < -0.39 is 0 Å². The molecule has 0 atom stereocenters. The first kappa shape index (κ1) is 15.7. The van der Waals surface area contributed by atoms with Crippen LogP contribution in [0.3, 0.4) is 0 Å². The van der Waals surface area contributed by atoms with Gasteiger partial charge in [-0.1, -0.05) is 0 Å². The quantitative estimate of drug-likeness (QED) is 0.644. The fourth-order valence-corrected chi connectivity index (χ4v) is 1.63. The number of methoxy groups -OCH3 is 2. The van der Waals surface area contributed by atoms with Gasteiger partial charge in [0.1, 0.15) is 0 Å². The molecule has 0 saturated heterocycles. The van der Waals surface area contributed by atoms with Crippen LogP contribution in [0.15, 0.2) is 12.1 Å². The van der Waals surface area contributed by atoms with E-state index in [-0.39, 0.29) is 26.8 Å². The zero-order valence-electron chi connectivity index (χ0n) is 11.2. The predicted molar refractivity (Wildman–Crippen MR) is 68.2 cm³/mol. The van der Waals surface area contributed by atoms with E-state index in [9.17, 15) is 5.11 Å². The van der Waals surface area contributed by atoms with E-state index in [0.717, 1.165) is 5.56 Å². The van der Waals surface area contributed by atoms with Gasteiger partial charge in [-0.05, 0) is 24.1 Å². The highest BCUT2D eigenvalue weighted by Gasteiger charge is 2.14. The van der Waals surface area contributed by atoms with Gasteiger partial charge in [-0.3, -0.25) is 0 Å². The molecule has 0 spiro atoms. The molecule has 0 bridgehead atoms. The van der Waals surface area contributed by atoms with Gasteiger partial charge in [-0.25, -0.2) is 0 Å². The Balaban J connectivity index is 3.08. The van der Waals surface area contributed by atoms with Crippen molar-refractivity contribution in [3.8, 4) is 11.5 Å². The fraction of sp³-hybridized carbons (Fsp3) is 0.538. The van der Waals surface area contributed by atoms with Crippen molar-refractivity contribution in [1.82, 2.24) is 0 Å². The van der Waals surface area contributed by atoms with Gasteiger partial charge in [0, 0.05) is 26.4 Å².